The standard InChI is InChI=1S/C15H23N3O2S/c1-3-12-10(2)8-13(21-12)15(20)17-11-4-6-18(7-5-11)9-14(16)19/h8,11H,3-7,9H2,1-2H3,(H2,16,19)(H,17,20). The van der Waals surface area contributed by atoms with Crippen molar-refractivity contribution in [3.8, 4) is 0 Å². The molecule has 1 aromatic rings. The van der Waals surface area contributed by atoms with E-state index < -0.39 is 0 Å². The van der Waals surface area contributed by atoms with E-state index in [0.717, 1.165) is 37.2 Å². The van der Waals surface area contributed by atoms with Crippen LogP contribution in [0.15, 0.2) is 6.07 Å². The third-order valence-electron chi connectivity index (χ3n) is 3.87. The van der Waals surface area contributed by atoms with E-state index in [0.29, 0.717) is 6.54 Å². The molecule has 21 heavy (non-hydrogen) atoms. The topological polar surface area (TPSA) is 75.4 Å². The zero-order valence-electron chi connectivity index (χ0n) is 12.6. The molecule has 1 aliphatic heterocycles. The van der Waals surface area contributed by atoms with Crippen LogP contribution < -0.4 is 11.1 Å². The Hall–Kier alpha value is -1.40. The summed E-state index contributed by atoms with van der Waals surface area (Å²) in [5, 5.41) is 3.10. The lowest BCUT2D eigenvalue weighted by molar-refractivity contribution is -0.119. The van der Waals surface area contributed by atoms with Crippen LogP contribution in [0.3, 0.4) is 0 Å². The number of amides is 2. The molecule has 0 spiro atoms. The Morgan fingerprint density at radius 3 is 2.62 bits per heavy atom. The number of rotatable bonds is 5. The molecule has 0 saturated carbocycles. The predicted molar refractivity (Wildman–Crippen MR) is 84.6 cm³/mol. The highest BCUT2D eigenvalue weighted by Gasteiger charge is 2.22. The molecule has 2 heterocycles. The van der Waals surface area contributed by atoms with Crippen LogP contribution in [-0.4, -0.2) is 42.4 Å². The summed E-state index contributed by atoms with van der Waals surface area (Å²) < 4.78 is 0. The first kappa shape index (κ1) is 16.0. The van der Waals surface area contributed by atoms with E-state index in [2.05, 4.69) is 19.2 Å². The van der Waals surface area contributed by atoms with Crippen LogP contribution in [0, 0.1) is 6.92 Å². The summed E-state index contributed by atoms with van der Waals surface area (Å²) in [7, 11) is 0. The van der Waals surface area contributed by atoms with Crippen molar-refractivity contribution in [2.24, 2.45) is 5.73 Å². The third kappa shape index (κ3) is 4.28. The number of piperidine rings is 1. The van der Waals surface area contributed by atoms with Gasteiger partial charge in [0.15, 0.2) is 0 Å². The molecule has 0 atom stereocenters. The van der Waals surface area contributed by atoms with Gasteiger partial charge in [0.05, 0.1) is 11.4 Å². The molecule has 0 aromatic carbocycles. The molecule has 5 nitrogen and oxygen atoms in total. The van der Waals surface area contributed by atoms with Crippen LogP contribution in [0.25, 0.3) is 0 Å². The number of carbonyl (C=O) groups is 2. The van der Waals surface area contributed by atoms with Crippen LogP contribution in [0.4, 0.5) is 0 Å². The second-order valence-electron chi connectivity index (χ2n) is 5.56. The maximum absolute atomic E-state index is 12.3. The van der Waals surface area contributed by atoms with Gasteiger partial charge in [0.1, 0.15) is 0 Å². The van der Waals surface area contributed by atoms with E-state index >= 15 is 0 Å². The number of thiophene rings is 1. The minimum Gasteiger partial charge on any atom is -0.369 e. The molecule has 1 aromatic heterocycles. The van der Waals surface area contributed by atoms with Crippen molar-refractivity contribution < 1.29 is 9.59 Å². The van der Waals surface area contributed by atoms with Gasteiger partial charge >= 0.3 is 0 Å². The molecule has 0 radical (unpaired) electrons. The van der Waals surface area contributed by atoms with Crippen molar-refractivity contribution in [3.63, 3.8) is 0 Å². The first-order chi connectivity index (χ1) is 9.99. The number of aryl methyl sites for hydroxylation is 2. The summed E-state index contributed by atoms with van der Waals surface area (Å²) in [5.74, 6) is -0.269. The number of hydrogen-bond donors (Lipinski definition) is 2. The molecule has 0 bridgehead atoms. The van der Waals surface area contributed by atoms with Crippen LogP contribution in [0.5, 0.6) is 0 Å². The molecule has 2 rings (SSSR count). The zero-order chi connectivity index (χ0) is 15.4. The van der Waals surface area contributed by atoms with Gasteiger partial charge in [0, 0.05) is 24.0 Å². The second-order valence-corrected chi connectivity index (χ2v) is 6.70. The Morgan fingerprint density at radius 1 is 1.43 bits per heavy atom. The molecular weight excluding hydrogens is 286 g/mol. The summed E-state index contributed by atoms with van der Waals surface area (Å²) in [5.41, 5.74) is 6.39. The molecule has 6 heteroatoms. The molecule has 1 saturated heterocycles. The largest absolute Gasteiger partial charge is 0.369 e. The van der Waals surface area contributed by atoms with Gasteiger partial charge in [-0.1, -0.05) is 6.92 Å². The highest BCUT2D eigenvalue weighted by atomic mass is 32.1. The first-order valence-corrected chi connectivity index (χ1v) is 8.22. The summed E-state index contributed by atoms with van der Waals surface area (Å²) in [6.45, 7) is 6.07. The third-order valence-corrected chi connectivity index (χ3v) is 5.25. The molecule has 1 fully saturated rings. The molecule has 3 N–H and O–H groups in total. The Kier molecular flexibility index (Phi) is 5.36. The van der Waals surface area contributed by atoms with Crippen LogP contribution in [-0.2, 0) is 11.2 Å². The predicted octanol–water partition coefficient (Wildman–Crippen LogP) is 1.30. The zero-order valence-corrected chi connectivity index (χ0v) is 13.5. The van der Waals surface area contributed by atoms with Crippen molar-refractivity contribution in [3.05, 3.63) is 21.4 Å². The first-order valence-electron chi connectivity index (χ1n) is 7.40. The van der Waals surface area contributed by atoms with Crippen LogP contribution in [0.2, 0.25) is 0 Å². The molecular formula is C15H23N3O2S. The van der Waals surface area contributed by atoms with E-state index in [1.165, 1.54) is 10.4 Å². The highest BCUT2D eigenvalue weighted by Crippen LogP contribution is 2.22. The lowest BCUT2D eigenvalue weighted by Crippen LogP contribution is -2.46. The van der Waals surface area contributed by atoms with Gasteiger partial charge in [0.25, 0.3) is 5.91 Å². The smallest absolute Gasteiger partial charge is 0.261 e. The number of carbonyl (C=O) groups excluding carboxylic acids is 2. The fourth-order valence-electron chi connectivity index (χ4n) is 2.70. The van der Waals surface area contributed by atoms with E-state index in [4.69, 9.17) is 5.73 Å². The number of hydrogen-bond acceptors (Lipinski definition) is 4. The van der Waals surface area contributed by atoms with Crippen molar-refractivity contribution in [1.82, 2.24) is 10.2 Å². The summed E-state index contributed by atoms with van der Waals surface area (Å²) in [6.07, 6.45) is 2.70. The van der Waals surface area contributed by atoms with Gasteiger partial charge < -0.3 is 11.1 Å². The monoisotopic (exact) mass is 309 g/mol. The highest BCUT2D eigenvalue weighted by molar-refractivity contribution is 7.14. The minimum atomic E-state index is -0.293. The number of nitrogens with two attached hydrogens (primary N) is 1. The normalized spacial score (nSPS) is 16.9. The van der Waals surface area contributed by atoms with Crippen molar-refractivity contribution >= 4 is 23.2 Å². The van der Waals surface area contributed by atoms with Gasteiger partial charge in [-0.2, -0.15) is 0 Å². The Labute approximate surface area is 129 Å². The van der Waals surface area contributed by atoms with Gasteiger partial charge in [-0.05, 0) is 37.8 Å². The van der Waals surface area contributed by atoms with Gasteiger partial charge in [0.2, 0.25) is 5.91 Å². The van der Waals surface area contributed by atoms with E-state index in [-0.39, 0.29) is 17.9 Å². The number of nitrogens with zero attached hydrogens (tertiary/aromatic N) is 1. The van der Waals surface area contributed by atoms with Crippen molar-refractivity contribution in [1.29, 1.82) is 0 Å². The Morgan fingerprint density at radius 2 is 2.10 bits per heavy atom. The summed E-state index contributed by atoms with van der Waals surface area (Å²) in [6, 6.07) is 2.16. The van der Waals surface area contributed by atoms with Gasteiger partial charge in [-0.15, -0.1) is 11.3 Å². The van der Waals surface area contributed by atoms with Crippen LogP contribution >= 0.6 is 11.3 Å². The SMILES string of the molecule is CCc1sc(C(=O)NC2CCN(CC(N)=O)CC2)cc1C. The Balaban J connectivity index is 1.85. The van der Waals surface area contributed by atoms with Crippen molar-refractivity contribution in [2.45, 2.75) is 39.2 Å². The number of likely N-dealkylation sites (tertiary alicyclic amines) is 1. The molecule has 2 amide bonds. The van der Waals surface area contributed by atoms with Crippen LogP contribution in [0.1, 0.15) is 39.9 Å². The lowest BCUT2D eigenvalue weighted by Gasteiger charge is -2.31. The van der Waals surface area contributed by atoms with E-state index in [1.807, 2.05) is 11.0 Å². The Bertz CT molecular complexity index is 519. The molecule has 116 valence electrons. The van der Waals surface area contributed by atoms with Gasteiger partial charge in [-0.25, -0.2) is 0 Å². The average molecular weight is 309 g/mol. The maximum atomic E-state index is 12.3. The molecule has 1 aliphatic rings. The summed E-state index contributed by atoms with van der Waals surface area (Å²) in [4.78, 5) is 27.3. The minimum absolute atomic E-state index is 0.0242. The second kappa shape index (κ2) is 7.04. The van der Waals surface area contributed by atoms with Crippen molar-refractivity contribution in [2.75, 3.05) is 19.6 Å². The fraction of sp³-hybridized carbons (Fsp3) is 0.600. The van der Waals surface area contributed by atoms with E-state index in [1.54, 1.807) is 11.3 Å². The summed E-state index contributed by atoms with van der Waals surface area (Å²) >= 11 is 1.58. The maximum Gasteiger partial charge on any atom is 0.261 e. The number of primary amides is 1. The van der Waals surface area contributed by atoms with Gasteiger partial charge in [-0.3, -0.25) is 14.5 Å². The lowest BCUT2D eigenvalue weighted by atomic mass is 10.0. The molecule has 0 unspecified atom stereocenters. The van der Waals surface area contributed by atoms with E-state index in [9.17, 15) is 9.59 Å². The fourth-order valence-corrected chi connectivity index (χ4v) is 3.71. The quantitative estimate of drug-likeness (QED) is 0.861. The average Bonchev–Trinajstić information content (AvgIpc) is 2.82. The molecule has 0 aliphatic carbocycles. The number of nitrogens with one attached hydrogen (secondary N) is 1.